The molecule has 132 valence electrons. The normalized spacial score (nSPS) is 13.4. The van der Waals surface area contributed by atoms with Crippen molar-refractivity contribution >= 4 is 44.5 Å². The summed E-state index contributed by atoms with van der Waals surface area (Å²) >= 11 is 5.11. The van der Waals surface area contributed by atoms with Gasteiger partial charge in [-0.1, -0.05) is 0 Å². The SMILES string of the molecule is O=C(Nc1ccc(N2CCc3sccc3C2)cc1)c1cc(F)ccc1Br. The van der Waals surface area contributed by atoms with Gasteiger partial charge in [-0.3, -0.25) is 4.79 Å². The largest absolute Gasteiger partial charge is 0.367 e. The Morgan fingerprint density at radius 1 is 1.15 bits per heavy atom. The fourth-order valence-corrected chi connectivity index (χ4v) is 4.41. The lowest BCUT2D eigenvalue weighted by molar-refractivity contribution is 0.102. The van der Waals surface area contributed by atoms with Crippen molar-refractivity contribution in [3.63, 3.8) is 0 Å². The first-order chi connectivity index (χ1) is 12.6. The third-order valence-corrected chi connectivity index (χ3v) is 6.19. The molecule has 0 atom stereocenters. The van der Waals surface area contributed by atoms with Crippen molar-refractivity contribution in [2.75, 3.05) is 16.8 Å². The van der Waals surface area contributed by atoms with Gasteiger partial charge >= 0.3 is 0 Å². The van der Waals surface area contributed by atoms with Crippen molar-refractivity contribution in [2.24, 2.45) is 0 Å². The van der Waals surface area contributed by atoms with Gasteiger partial charge in [-0.05, 0) is 81.8 Å². The molecule has 2 heterocycles. The van der Waals surface area contributed by atoms with Gasteiger partial charge in [-0.2, -0.15) is 0 Å². The number of carbonyl (C=O) groups excluding carboxylic acids is 1. The monoisotopic (exact) mass is 430 g/mol. The Bertz CT molecular complexity index is 955. The first-order valence-electron chi connectivity index (χ1n) is 8.27. The van der Waals surface area contributed by atoms with Gasteiger partial charge in [0.1, 0.15) is 5.82 Å². The number of anilines is 2. The molecule has 0 saturated carbocycles. The zero-order valence-electron chi connectivity index (χ0n) is 13.8. The molecular weight excluding hydrogens is 415 g/mol. The molecule has 3 aromatic rings. The van der Waals surface area contributed by atoms with E-state index in [-0.39, 0.29) is 11.5 Å². The minimum Gasteiger partial charge on any atom is -0.367 e. The van der Waals surface area contributed by atoms with Crippen molar-refractivity contribution < 1.29 is 9.18 Å². The smallest absolute Gasteiger partial charge is 0.256 e. The fraction of sp³-hybridized carbons (Fsp3) is 0.150. The summed E-state index contributed by atoms with van der Waals surface area (Å²) in [6.07, 6.45) is 1.07. The Hall–Kier alpha value is -2.18. The van der Waals surface area contributed by atoms with Gasteiger partial charge in [0.05, 0.1) is 5.56 Å². The first kappa shape index (κ1) is 17.2. The maximum Gasteiger partial charge on any atom is 0.256 e. The summed E-state index contributed by atoms with van der Waals surface area (Å²) in [7, 11) is 0. The minimum absolute atomic E-state index is 0.273. The average Bonchev–Trinajstić information content (AvgIpc) is 3.12. The highest BCUT2D eigenvalue weighted by molar-refractivity contribution is 9.10. The zero-order chi connectivity index (χ0) is 18.1. The average molecular weight is 431 g/mol. The van der Waals surface area contributed by atoms with Gasteiger partial charge in [0, 0.05) is 33.8 Å². The van der Waals surface area contributed by atoms with Crippen molar-refractivity contribution in [1.29, 1.82) is 0 Å². The number of nitrogens with one attached hydrogen (secondary N) is 1. The van der Waals surface area contributed by atoms with E-state index in [0.29, 0.717) is 10.2 Å². The molecule has 1 amide bonds. The van der Waals surface area contributed by atoms with E-state index in [1.54, 1.807) is 0 Å². The van der Waals surface area contributed by atoms with Crippen LogP contribution in [0.25, 0.3) is 0 Å². The molecule has 1 aliphatic heterocycles. The lowest BCUT2D eigenvalue weighted by atomic mass is 10.1. The molecule has 2 aromatic carbocycles. The topological polar surface area (TPSA) is 32.3 Å². The Labute approximate surface area is 163 Å². The molecule has 0 unspecified atom stereocenters. The number of halogens is 2. The molecule has 26 heavy (non-hydrogen) atoms. The van der Waals surface area contributed by atoms with Gasteiger partial charge in [-0.15, -0.1) is 11.3 Å². The van der Waals surface area contributed by atoms with Crippen LogP contribution in [0, 0.1) is 5.82 Å². The van der Waals surface area contributed by atoms with E-state index in [2.05, 4.69) is 37.6 Å². The van der Waals surface area contributed by atoms with Gasteiger partial charge in [0.25, 0.3) is 5.91 Å². The third-order valence-electron chi connectivity index (χ3n) is 4.47. The molecule has 0 aliphatic carbocycles. The first-order valence-corrected chi connectivity index (χ1v) is 9.94. The lowest BCUT2D eigenvalue weighted by Gasteiger charge is -2.29. The number of hydrogen-bond acceptors (Lipinski definition) is 3. The van der Waals surface area contributed by atoms with E-state index in [0.717, 1.165) is 25.2 Å². The molecule has 3 nitrogen and oxygen atoms in total. The van der Waals surface area contributed by atoms with E-state index in [1.807, 2.05) is 35.6 Å². The number of thiophene rings is 1. The minimum atomic E-state index is -0.438. The number of rotatable bonds is 3. The molecule has 0 fully saturated rings. The van der Waals surface area contributed by atoms with Crippen LogP contribution >= 0.6 is 27.3 Å². The molecule has 4 rings (SSSR count). The predicted molar refractivity (Wildman–Crippen MR) is 108 cm³/mol. The van der Waals surface area contributed by atoms with Gasteiger partial charge in [0.15, 0.2) is 0 Å². The van der Waals surface area contributed by atoms with Gasteiger partial charge in [0.2, 0.25) is 0 Å². The Morgan fingerprint density at radius 2 is 1.96 bits per heavy atom. The molecule has 1 N–H and O–H groups in total. The summed E-state index contributed by atoms with van der Waals surface area (Å²) < 4.78 is 13.9. The maximum atomic E-state index is 13.4. The van der Waals surface area contributed by atoms with Crippen molar-refractivity contribution in [3.05, 3.63) is 80.2 Å². The Balaban J connectivity index is 1.46. The number of carbonyl (C=O) groups is 1. The molecule has 6 heteroatoms. The van der Waals surface area contributed by atoms with Crippen molar-refractivity contribution in [2.45, 2.75) is 13.0 Å². The molecule has 0 saturated heterocycles. The number of fused-ring (bicyclic) bond motifs is 1. The Kier molecular flexibility index (Phi) is 4.78. The summed E-state index contributed by atoms with van der Waals surface area (Å²) in [5.74, 6) is -0.781. The predicted octanol–water partition coefficient (Wildman–Crippen LogP) is 5.46. The van der Waals surface area contributed by atoms with E-state index in [1.165, 1.54) is 28.6 Å². The summed E-state index contributed by atoms with van der Waals surface area (Å²) in [4.78, 5) is 16.2. The van der Waals surface area contributed by atoms with Crippen molar-refractivity contribution in [3.8, 4) is 0 Å². The van der Waals surface area contributed by atoms with E-state index in [9.17, 15) is 9.18 Å². The third kappa shape index (κ3) is 3.52. The van der Waals surface area contributed by atoms with Gasteiger partial charge < -0.3 is 10.2 Å². The van der Waals surface area contributed by atoms with Gasteiger partial charge in [-0.25, -0.2) is 4.39 Å². The van der Waals surface area contributed by atoms with Crippen LogP contribution in [0.2, 0.25) is 0 Å². The second kappa shape index (κ2) is 7.21. The van der Waals surface area contributed by atoms with Crippen molar-refractivity contribution in [1.82, 2.24) is 0 Å². The maximum absolute atomic E-state index is 13.4. The molecule has 0 bridgehead atoms. The number of benzene rings is 2. The quantitative estimate of drug-likeness (QED) is 0.597. The van der Waals surface area contributed by atoms with Crippen LogP contribution in [0.5, 0.6) is 0 Å². The van der Waals surface area contributed by atoms with E-state index >= 15 is 0 Å². The highest BCUT2D eigenvalue weighted by Crippen LogP contribution is 2.28. The molecule has 1 aromatic heterocycles. The highest BCUT2D eigenvalue weighted by atomic mass is 79.9. The van der Waals surface area contributed by atoms with Crippen LogP contribution in [0.3, 0.4) is 0 Å². The molecule has 1 aliphatic rings. The highest BCUT2D eigenvalue weighted by Gasteiger charge is 2.17. The number of amides is 1. The molecule has 0 radical (unpaired) electrons. The summed E-state index contributed by atoms with van der Waals surface area (Å²) in [5.41, 5.74) is 3.49. The van der Waals surface area contributed by atoms with Crippen LogP contribution in [-0.4, -0.2) is 12.5 Å². The second-order valence-electron chi connectivity index (χ2n) is 6.17. The summed E-state index contributed by atoms with van der Waals surface area (Å²) in [5, 5.41) is 4.97. The van der Waals surface area contributed by atoms with Crippen LogP contribution in [0.15, 0.2) is 58.4 Å². The number of nitrogens with zero attached hydrogens (tertiary/aromatic N) is 1. The zero-order valence-corrected chi connectivity index (χ0v) is 16.2. The van der Waals surface area contributed by atoms with E-state index in [4.69, 9.17) is 0 Å². The lowest BCUT2D eigenvalue weighted by Crippen LogP contribution is -2.29. The van der Waals surface area contributed by atoms with Crippen LogP contribution in [0.4, 0.5) is 15.8 Å². The summed E-state index contributed by atoms with van der Waals surface area (Å²) in [6, 6.07) is 14.0. The summed E-state index contributed by atoms with van der Waals surface area (Å²) in [6.45, 7) is 1.91. The molecular formula is C20H16BrFN2OS. The van der Waals surface area contributed by atoms with Crippen LogP contribution in [-0.2, 0) is 13.0 Å². The standard InChI is InChI=1S/C20H16BrFN2OS/c21-18-6-1-14(22)11-17(18)20(25)23-15-2-4-16(5-3-15)24-9-7-19-13(12-24)8-10-26-19/h1-6,8,10-11H,7,9,12H2,(H,23,25). The van der Waals surface area contributed by atoms with Crippen LogP contribution in [0.1, 0.15) is 20.8 Å². The fourth-order valence-electron chi connectivity index (χ4n) is 3.09. The molecule has 0 spiro atoms. The van der Waals surface area contributed by atoms with Crippen LogP contribution < -0.4 is 10.2 Å². The Morgan fingerprint density at radius 3 is 2.77 bits per heavy atom. The second-order valence-corrected chi connectivity index (χ2v) is 8.02. The van der Waals surface area contributed by atoms with E-state index < -0.39 is 5.82 Å². The number of hydrogen-bond donors (Lipinski definition) is 1.